The third-order valence-electron chi connectivity index (χ3n) is 3.89. The van der Waals surface area contributed by atoms with Crippen molar-refractivity contribution >= 4 is 5.78 Å². The molecule has 1 aliphatic rings. The van der Waals surface area contributed by atoms with Gasteiger partial charge in [0, 0.05) is 18.4 Å². The Morgan fingerprint density at radius 2 is 1.65 bits per heavy atom. The quantitative estimate of drug-likeness (QED) is 0.925. The van der Waals surface area contributed by atoms with Gasteiger partial charge in [0.25, 0.3) is 0 Å². The molecule has 1 saturated carbocycles. The zero-order valence-electron chi connectivity index (χ0n) is 11.1. The summed E-state index contributed by atoms with van der Waals surface area (Å²) < 4.78 is 37.3. The minimum absolute atomic E-state index is 0.0112. The molecule has 110 valence electrons. The molecular formula is C15H18F3NO. The number of halogens is 3. The Balaban J connectivity index is 1.94. The molecule has 0 atom stereocenters. The number of carbonyl (C=O) groups is 1. The first kappa shape index (κ1) is 15.0. The molecular weight excluding hydrogens is 267 g/mol. The summed E-state index contributed by atoms with van der Waals surface area (Å²) in [4.78, 5) is 12.1. The topological polar surface area (TPSA) is 43.1 Å². The average molecular weight is 285 g/mol. The predicted octanol–water partition coefficient (Wildman–Crippen LogP) is 3.33. The van der Waals surface area contributed by atoms with Gasteiger partial charge in [-0.2, -0.15) is 13.2 Å². The molecule has 5 heteroatoms. The number of Topliss-reactive ketones (excluding diaryl/α,β-unsaturated/α-hetero) is 1. The molecule has 1 fully saturated rings. The molecule has 0 radical (unpaired) electrons. The van der Waals surface area contributed by atoms with Gasteiger partial charge in [-0.25, -0.2) is 0 Å². The second-order valence-corrected chi connectivity index (χ2v) is 5.45. The fourth-order valence-electron chi connectivity index (χ4n) is 2.60. The fraction of sp³-hybridized carbons (Fsp3) is 0.533. The number of rotatable bonds is 3. The molecule has 20 heavy (non-hydrogen) atoms. The van der Waals surface area contributed by atoms with Gasteiger partial charge in [0.1, 0.15) is 5.78 Å². The summed E-state index contributed by atoms with van der Waals surface area (Å²) >= 11 is 0. The van der Waals surface area contributed by atoms with Crippen LogP contribution in [0.15, 0.2) is 24.3 Å². The maximum Gasteiger partial charge on any atom is 0.416 e. The Morgan fingerprint density at radius 3 is 2.15 bits per heavy atom. The van der Waals surface area contributed by atoms with Crippen molar-refractivity contribution in [2.75, 3.05) is 0 Å². The van der Waals surface area contributed by atoms with Crippen molar-refractivity contribution in [3.05, 3.63) is 35.4 Å². The predicted molar refractivity (Wildman–Crippen MR) is 70.1 cm³/mol. The maximum absolute atomic E-state index is 12.4. The van der Waals surface area contributed by atoms with Gasteiger partial charge in [0.2, 0.25) is 0 Å². The van der Waals surface area contributed by atoms with Gasteiger partial charge in [-0.05, 0) is 43.4 Å². The van der Waals surface area contributed by atoms with Gasteiger partial charge in [0.05, 0.1) is 5.56 Å². The third-order valence-corrected chi connectivity index (χ3v) is 3.89. The van der Waals surface area contributed by atoms with E-state index < -0.39 is 11.7 Å². The van der Waals surface area contributed by atoms with Crippen LogP contribution >= 0.6 is 0 Å². The van der Waals surface area contributed by atoms with Crippen LogP contribution in [0.1, 0.15) is 36.8 Å². The average Bonchev–Trinajstić information content (AvgIpc) is 2.39. The monoisotopic (exact) mass is 285 g/mol. The van der Waals surface area contributed by atoms with Crippen molar-refractivity contribution in [3.63, 3.8) is 0 Å². The molecule has 2 N–H and O–H groups in total. The fourth-order valence-corrected chi connectivity index (χ4v) is 2.60. The molecule has 1 aliphatic carbocycles. The molecule has 0 bridgehead atoms. The Morgan fingerprint density at radius 1 is 1.10 bits per heavy atom. The van der Waals surface area contributed by atoms with Gasteiger partial charge in [-0.1, -0.05) is 12.1 Å². The standard InChI is InChI=1S/C15H18F3NO/c16-15(17,18)12-5-1-10(2-6-12)9-14(20)11-3-7-13(19)8-4-11/h1-2,5-6,11,13H,3-4,7-9,19H2. The van der Waals surface area contributed by atoms with Crippen molar-refractivity contribution in [3.8, 4) is 0 Å². The van der Waals surface area contributed by atoms with Crippen LogP contribution in [-0.2, 0) is 17.4 Å². The molecule has 1 aromatic rings. The molecule has 1 aromatic carbocycles. The Hall–Kier alpha value is -1.36. The van der Waals surface area contributed by atoms with Crippen LogP contribution in [-0.4, -0.2) is 11.8 Å². The summed E-state index contributed by atoms with van der Waals surface area (Å²) in [5.74, 6) is 0.119. The van der Waals surface area contributed by atoms with E-state index in [1.165, 1.54) is 12.1 Å². The minimum atomic E-state index is -4.33. The van der Waals surface area contributed by atoms with Crippen molar-refractivity contribution < 1.29 is 18.0 Å². The lowest BCUT2D eigenvalue weighted by Gasteiger charge is -2.25. The Bertz CT molecular complexity index is 459. The number of hydrogen-bond acceptors (Lipinski definition) is 2. The molecule has 0 spiro atoms. The second-order valence-electron chi connectivity index (χ2n) is 5.45. The molecule has 0 amide bonds. The van der Waals surface area contributed by atoms with Crippen LogP contribution < -0.4 is 5.73 Å². The summed E-state index contributed by atoms with van der Waals surface area (Å²) in [6.45, 7) is 0. The lowest BCUT2D eigenvalue weighted by atomic mass is 9.82. The molecule has 0 aliphatic heterocycles. The van der Waals surface area contributed by atoms with E-state index in [1.807, 2.05) is 0 Å². The van der Waals surface area contributed by atoms with Gasteiger partial charge in [-0.15, -0.1) is 0 Å². The highest BCUT2D eigenvalue weighted by Gasteiger charge is 2.30. The minimum Gasteiger partial charge on any atom is -0.328 e. The summed E-state index contributed by atoms with van der Waals surface area (Å²) in [5, 5.41) is 0. The molecule has 2 rings (SSSR count). The molecule has 2 nitrogen and oxygen atoms in total. The van der Waals surface area contributed by atoms with Gasteiger partial charge in [0.15, 0.2) is 0 Å². The van der Waals surface area contributed by atoms with Gasteiger partial charge in [-0.3, -0.25) is 4.79 Å². The molecule has 0 saturated heterocycles. The lowest BCUT2D eigenvalue weighted by molar-refractivity contribution is -0.137. The van der Waals surface area contributed by atoms with Gasteiger partial charge < -0.3 is 5.73 Å². The molecule has 0 unspecified atom stereocenters. The Kier molecular flexibility index (Phi) is 4.48. The lowest BCUT2D eigenvalue weighted by Crippen LogP contribution is -2.30. The van der Waals surface area contributed by atoms with Crippen molar-refractivity contribution in [1.82, 2.24) is 0 Å². The van der Waals surface area contributed by atoms with Crippen molar-refractivity contribution in [2.24, 2.45) is 11.7 Å². The molecule has 0 aromatic heterocycles. The number of carbonyl (C=O) groups excluding carboxylic acids is 1. The van der Waals surface area contributed by atoms with E-state index in [4.69, 9.17) is 5.73 Å². The van der Waals surface area contributed by atoms with E-state index in [-0.39, 0.29) is 24.2 Å². The summed E-state index contributed by atoms with van der Waals surface area (Å²) in [5.41, 5.74) is 5.74. The number of benzene rings is 1. The van der Waals surface area contributed by atoms with E-state index in [1.54, 1.807) is 0 Å². The highest BCUT2D eigenvalue weighted by molar-refractivity contribution is 5.83. The second kappa shape index (κ2) is 5.95. The summed E-state index contributed by atoms with van der Waals surface area (Å²) in [7, 11) is 0. The van der Waals surface area contributed by atoms with E-state index in [9.17, 15) is 18.0 Å². The smallest absolute Gasteiger partial charge is 0.328 e. The van der Waals surface area contributed by atoms with Crippen molar-refractivity contribution in [1.29, 1.82) is 0 Å². The van der Waals surface area contributed by atoms with E-state index in [0.29, 0.717) is 5.56 Å². The van der Waals surface area contributed by atoms with Gasteiger partial charge >= 0.3 is 6.18 Å². The van der Waals surface area contributed by atoms with Crippen LogP contribution in [0.3, 0.4) is 0 Å². The highest BCUT2D eigenvalue weighted by Crippen LogP contribution is 2.30. The van der Waals surface area contributed by atoms with E-state index >= 15 is 0 Å². The van der Waals surface area contributed by atoms with Crippen LogP contribution in [0.2, 0.25) is 0 Å². The van der Waals surface area contributed by atoms with E-state index in [2.05, 4.69) is 0 Å². The number of nitrogens with two attached hydrogens (primary N) is 1. The van der Waals surface area contributed by atoms with Crippen LogP contribution in [0.4, 0.5) is 13.2 Å². The normalized spacial score (nSPS) is 23.6. The zero-order valence-corrected chi connectivity index (χ0v) is 11.1. The maximum atomic E-state index is 12.4. The number of alkyl halides is 3. The first-order chi connectivity index (χ1) is 9.36. The van der Waals surface area contributed by atoms with Crippen LogP contribution in [0.5, 0.6) is 0 Å². The highest BCUT2D eigenvalue weighted by atomic mass is 19.4. The molecule has 0 heterocycles. The van der Waals surface area contributed by atoms with Crippen LogP contribution in [0, 0.1) is 5.92 Å². The SMILES string of the molecule is NC1CCC(C(=O)Cc2ccc(C(F)(F)F)cc2)CC1. The first-order valence-corrected chi connectivity index (χ1v) is 6.80. The summed E-state index contributed by atoms with van der Waals surface area (Å²) in [6, 6.07) is 5.01. The number of hydrogen-bond donors (Lipinski definition) is 1. The third kappa shape index (κ3) is 3.82. The Labute approximate surface area is 116 Å². The van der Waals surface area contributed by atoms with Crippen molar-refractivity contribution in [2.45, 2.75) is 44.3 Å². The largest absolute Gasteiger partial charge is 0.416 e. The summed E-state index contributed by atoms with van der Waals surface area (Å²) in [6.07, 6.45) is -0.839. The number of ketones is 1. The zero-order chi connectivity index (χ0) is 14.8. The van der Waals surface area contributed by atoms with E-state index in [0.717, 1.165) is 37.8 Å². The van der Waals surface area contributed by atoms with Crippen LogP contribution in [0.25, 0.3) is 0 Å². The first-order valence-electron chi connectivity index (χ1n) is 6.80.